The van der Waals surface area contributed by atoms with Crippen molar-refractivity contribution >= 4 is 23.1 Å². The number of fused-ring (bicyclic) bond motifs is 6. The Morgan fingerprint density at radius 1 is 0.510 bits per heavy atom. The minimum Gasteiger partial charge on any atom is -0.458 e. The van der Waals surface area contributed by atoms with Crippen LogP contribution in [-0.4, -0.2) is 11.7 Å². The molecular weight excluding hydrogens is 621 g/mol. The van der Waals surface area contributed by atoms with Crippen molar-refractivity contribution in [2.75, 3.05) is 0 Å². The summed E-state index contributed by atoms with van der Waals surface area (Å²) in [6.07, 6.45) is 6.63. The van der Waals surface area contributed by atoms with Crippen molar-refractivity contribution in [2.45, 2.75) is 117 Å². The molecule has 0 fully saturated rings. The third-order valence-electron chi connectivity index (χ3n) is 13.3. The van der Waals surface area contributed by atoms with Gasteiger partial charge in [-0.2, -0.15) is 0 Å². The molecule has 9 rings (SSSR count). The maximum atomic E-state index is 6.71. The minimum atomic E-state index is -0.0203. The SMILES string of the molecule is Cc1cc2c(cc1-c1ccc3c(c1)Oc1ccnc4c1B3c1ccc(-c3cc5c(cc3C)C(C)(C)CCC5(C)C)cc1O4)C(C)(C)CCC2(C)C. The van der Waals surface area contributed by atoms with Crippen molar-refractivity contribution < 1.29 is 9.47 Å². The standard InChI is InChI=1S/C47H50BNO2/c1-27-21-33-35(46(7,8)18-16-44(33,3)4)25-31(27)29-11-13-37-40(23-29)50-39-15-20-49-43-42(39)48(37)38-14-12-30(24-41(38)51-43)32-26-36-34(22-28(32)2)45(5,6)17-19-47(36,9)10/h11-15,20-26H,16-19H2,1-10H3. The molecule has 5 aromatic rings. The number of aromatic nitrogens is 1. The van der Waals surface area contributed by atoms with Gasteiger partial charge < -0.3 is 9.47 Å². The highest BCUT2D eigenvalue weighted by Crippen LogP contribution is 2.49. The van der Waals surface area contributed by atoms with Crippen LogP contribution in [0.4, 0.5) is 0 Å². The minimum absolute atomic E-state index is 0.0203. The smallest absolute Gasteiger partial charge is 0.262 e. The second-order valence-corrected chi connectivity index (χ2v) is 18.6. The predicted octanol–water partition coefficient (Wildman–Crippen LogP) is 10.5. The predicted molar refractivity (Wildman–Crippen MR) is 213 cm³/mol. The summed E-state index contributed by atoms with van der Waals surface area (Å²) >= 11 is 0. The van der Waals surface area contributed by atoms with Crippen LogP contribution in [-0.2, 0) is 21.7 Å². The van der Waals surface area contributed by atoms with Gasteiger partial charge in [0.2, 0.25) is 5.88 Å². The number of ether oxygens (including phenoxy) is 2. The van der Waals surface area contributed by atoms with Crippen LogP contribution in [0.2, 0.25) is 0 Å². The van der Waals surface area contributed by atoms with E-state index in [1.807, 2.05) is 12.3 Å². The lowest BCUT2D eigenvalue weighted by molar-refractivity contribution is 0.332. The Bertz CT molecular complexity index is 2150. The molecule has 1 aromatic heterocycles. The molecule has 0 spiro atoms. The Hall–Kier alpha value is -4.31. The van der Waals surface area contributed by atoms with Gasteiger partial charge in [0, 0.05) is 11.7 Å². The van der Waals surface area contributed by atoms with Crippen LogP contribution in [0.25, 0.3) is 22.3 Å². The first-order valence-electron chi connectivity index (χ1n) is 19.0. The van der Waals surface area contributed by atoms with Crippen molar-refractivity contribution in [1.82, 2.24) is 4.98 Å². The summed E-state index contributed by atoms with van der Waals surface area (Å²) in [5, 5.41) is 0. The van der Waals surface area contributed by atoms with Gasteiger partial charge in [-0.15, -0.1) is 0 Å². The molecule has 0 radical (unpaired) electrons. The molecule has 0 atom stereocenters. The molecular formula is C47H50BNO2. The summed E-state index contributed by atoms with van der Waals surface area (Å²) < 4.78 is 13.3. The van der Waals surface area contributed by atoms with E-state index in [0.717, 1.165) is 33.6 Å². The van der Waals surface area contributed by atoms with Crippen LogP contribution < -0.4 is 25.9 Å². The van der Waals surface area contributed by atoms with Gasteiger partial charge in [0.1, 0.15) is 17.2 Å². The van der Waals surface area contributed by atoms with Crippen molar-refractivity contribution in [2.24, 2.45) is 0 Å². The molecule has 2 aliphatic carbocycles. The molecule has 0 bridgehead atoms. The van der Waals surface area contributed by atoms with Crippen molar-refractivity contribution in [3.8, 4) is 45.4 Å². The summed E-state index contributed by atoms with van der Waals surface area (Å²) in [5.74, 6) is 3.24. The Labute approximate surface area is 304 Å². The van der Waals surface area contributed by atoms with Gasteiger partial charge in [0.25, 0.3) is 6.71 Å². The molecule has 2 aliphatic heterocycles. The maximum absolute atomic E-state index is 6.71. The summed E-state index contributed by atoms with van der Waals surface area (Å²) in [4.78, 5) is 4.74. The average molecular weight is 672 g/mol. The van der Waals surface area contributed by atoms with Gasteiger partial charge in [0.15, 0.2) is 0 Å². The van der Waals surface area contributed by atoms with Crippen LogP contribution in [0, 0.1) is 13.8 Å². The van der Waals surface area contributed by atoms with Gasteiger partial charge in [-0.25, -0.2) is 4.98 Å². The lowest BCUT2D eigenvalue weighted by atomic mass is 9.35. The van der Waals surface area contributed by atoms with E-state index in [-0.39, 0.29) is 28.4 Å². The molecule has 51 heavy (non-hydrogen) atoms. The fourth-order valence-corrected chi connectivity index (χ4v) is 9.70. The van der Waals surface area contributed by atoms with Crippen LogP contribution in [0.5, 0.6) is 23.1 Å². The van der Waals surface area contributed by atoms with E-state index in [9.17, 15) is 0 Å². The molecule has 3 nitrogen and oxygen atoms in total. The van der Waals surface area contributed by atoms with Crippen LogP contribution in [0.1, 0.15) is 114 Å². The van der Waals surface area contributed by atoms with E-state index in [2.05, 4.69) is 130 Å². The number of hydrogen-bond acceptors (Lipinski definition) is 3. The fourth-order valence-electron chi connectivity index (χ4n) is 9.70. The van der Waals surface area contributed by atoms with E-state index < -0.39 is 0 Å². The van der Waals surface area contributed by atoms with Crippen molar-refractivity contribution in [1.29, 1.82) is 0 Å². The number of benzene rings is 4. The first kappa shape index (κ1) is 32.6. The van der Waals surface area contributed by atoms with E-state index in [1.54, 1.807) is 0 Å². The number of rotatable bonds is 2. The van der Waals surface area contributed by atoms with Gasteiger partial charge in [0.05, 0.1) is 0 Å². The van der Waals surface area contributed by atoms with E-state index in [1.165, 1.54) is 81.3 Å². The Kier molecular flexibility index (Phi) is 6.79. The number of pyridine rings is 1. The van der Waals surface area contributed by atoms with E-state index in [4.69, 9.17) is 14.5 Å². The average Bonchev–Trinajstić information content (AvgIpc) is 3.08. The van der Waals surface area contributed by atoms with E-state index >= 15 is 0 Å². The largest absolute Gasteiger partial charge is 0.458 e. The Morgan fingerprint density at radius 2 is 0.941 bits per heavy atom. The molecule has 4 heteroatoms. The second kappa shape index (κ2) is 10.6. The lowest BCUT2D eigenvalue weighted by Crippen LogP contribution is -2.57. The fraction of sp³-hybridized carbons (Fsp3) is 0.383. The number of nitrogens with zero attached hydrogens (tertiary/aromatic N) is 1. The zero-order valence-corrected chi connectivity index (χ0v) is 32.1. The summed E-state index contributed by atoms with van der Waals surface area (Å²) in [7, 11) is 0. The second-order valence-electron chi connectivity index (χ2n) is 18.6. The normalized spacial score (nSPS) is 19.4. The molecule has 0 N–H and O–H groups in total. The van der Waals surface area contributed by atoms with Crippen LogP contribution in [0.15, 0.2) is 72.9 Å². The van der Waals surface area contributed by atoms with Crippen molar-refractivity contribution in [3.05, 3.63) is 106 Å². The monoisotopic (exact) mass is 671 g/mol. The first-order valence-corrected chi connectivity index (χ1v) is 19.0. The zero-order chi connectivity index (χ0) is 35.8. The molecule has 0 amide bonds. The number of aryl methyl sites for hydroxylation is 2. The third kappa shape index (κ3) is 4.88. The summed E-state index contributed by atoms with van der Waals surface area (Å²) in [6, 6.07) is 25.5. The Balaban J connectivity index is 1.15. The van der Waals surface area contributed by atoms with Gasteiger partial charge >= 0.3 is 0 Å². The van der Waals surface area contributed by atoms with Crippen LogP contribution in [0.3, 0.4) is 0 Å². The molecule has 0 saturated heterocycles. The quantitative estimate of drug-likeness (QED) is 0.172. The highest BCUT2D eigenvalue weighted by molar-refractivity contribution is 6.98. The first-order chi connectivity index (χ1) is 24.0. The number of hydrogen-bond donors (Lipinski definition) is 0. The van der Waals surface area contributed by atoms with Crippen LogP contribution >= 0.6 is 0 Å². The summed E-state index contributed by atoms with van der Waals surface area (Å²) in [5.41, 5.74) is 17.5. The maximum Gasteiger partial charge on any atom is 0.262 e. The Morgan fingerprint density at radius 3 is 1.41 bits per heavy atom. The van der Waals surface area contributed by atoms with Gasteiger partial charge in [-0.1, -0.05) is 104 Å². The summed E-state index contributed by atoms with van der Waals surface area (Å²) in [6.45, 7) is 23.7. The van der Waals surface area contributed by atoms with E-state index in [0.29, 0.717) is 5.88 Å². The van der Waals surface area contributed by atoms with Gasteiger partial charge in [-0.05, 0) is 146 Å². The topological polar surface area (TPSA) is 31.4 Å². The third-order valence-corrected chi connectivity index (χ3v) is 13.3. The van der Waals surface area contributed by atoms with Crippen molar-refractivity contribution in [3.63, 3.8) is 0 Å². The van der Waals surface area contributed by atoms with Gasteiger partial charge in [-0.3, -0.25) is 0 Å². The molecule has 258 valence electrons. The highest BCUT2D eigenvalue weighted by atomic mass is 16.5. The molecule has 3 heterocycles. The molecule has 0 saturated carbocycles. The zero-order valence-electron chi connectivity index (χ0n) is 32.1. The molecule has 4 aromatic carbocycles. The highest BCUT2D eigenvalue weighted by Gasteiger charge is 2.42. The molecule has 0 unspecified atom stereocenters. The lowest BCUT2D eigenvalue weighted by Gasteiger charge is -2.42. The molecule has 4 aliphatic rings.